The lowest BCUT2D eigenvalue weighted by atomic mass is 10.0. The van der Waals surface area contributed by atoms with E-state index in [-0.39, 0.29) is 11.9 Å². The molecule has 0 fully saturated rings. The van der Waals surface area contributed by atoms with Crippen LogP contribution in [-0.4, -0.2) is 16.9 Å². The summed E-state index contributed by atoms with van der Waals surface area (Å²) in [5.74, 6) is 1.34. The molecule has 1 N–H and O–H groups in total. The Morgan fingerprint density at radius 2 is 2.05 bits per heavy atom. The fourth-order valence-corrected chi connectivity index (χ4v) is 2.40. The van der Waals surface area contributed by atoms with Crippen molar-refractivity contribution in [2.24, 2.45) is 0 Å². The van der Waals surface area contributed by atoms with Gasteiger partial charge in [-0.15, -0.1) is 0 Å². The van der Waals surface area contributed by atoms with Crippen LogP contribution in [0.4, 0.5) is 0 Å². The SMILES string of the molecule is Cc1occc1C(=O)c1c[nH]c2ccc(OC(C)C)cc12. The lowest BCUT2D eigenvalue weighted by molar-refractivity contribution is 0.103. The third-order valence-electron chi connectivity index (χ3n) is 3.37. The number of rotatable bonds is 4. The van der Waals surface area contributed by atoms with Gasteiger partial charge < -0.3 is 14.1 Å². The zero-order valence-electron chi connectivity index (χ0n) is 12.3. The van der Waals surface area contributed by atoms with E-state index in [1.807, 2.05) is 32.0 Å². The summed E-state index contributed by atoms with van der Waals surface area (Å²) in [5, 5.41) is 0.860. The van der Waals surface area contributed by atoms with Crippen LogP contribution < -0.4 is 4.74 Å². The molecule has 4 heteroatoms. The fraction of sp³-hybridized carbons (Fsp3) is 0.235. The number of nitrogens with one attached hydrogen (secondary N) is 1. The molecule has 3 aromatic rings. The van der Waals surface area contributed by atoms with Crippen LogP contribution in [0.3, 0.4) is 0 Å². The highest BCUT2D eigenvalue weighted by Gasteiger charge is 2.18. The number of benzene rings is 1. The Morgan fingerprint density at radius 3 is 2.71 bits per heavy atom. The van der Waals surface area contributed by atoms with Gasteiger partial charge in [0.25, 0.3) is 0 Å². The second-order valence-corrected chi connectivity index (χ2v) is 5.30. The Labute approximate surface area is 122 Å². The normalized spacial score (nSPS) is 11.2. The van der Waals surface area contributed by atoms with Gasteiger partial charge in [0.2, 0.25) is 0 Å². The zero-order chi connectivity index (χ0) is 15.0. The molecule has 0 radical (unpaired) electrons. The molecular weight excluding hydrogens is 266 g/mol. The molecular formula is C17H17NO3. The highest BCUT2D eigenvalue weighted by molar-refractivity contribution is 6.16. The minimum Gasteiger partial charge on any atom is -0.491 e. The molecule has 0 atom stereocenters. The number of carbonyl (C=O) groups is 1. The van der Waals surface area contributed by atoms with Crippen molar-refractivity contribution in [3.05, 3.63) is 53.6 Å². The second kappa shape index (κ2) is 5.13. The van der Waals surface area contributed by atoms with E-state index in [4.69, 9.17) is 9.15 Å². The number of hydrogen-bond acceptors (Lipinski definition) is 3. The number of aryl methyl sites for hydroxylation is 1. The van der Waals surface area contributed by atoms with Gasteiger partial charge in [-0.3, -0.25) is 4.79 Å². The number of ether oxygens (including phenoxy) is 1. The average Bonchev–Trinajstić information content (AvgIpc) is 3.03. The summed E-state index contributed by atoms with van der Waals surface area (Å²) in [5.41, 5.74) is 2.13. The Bertz CT molecular complexity index is 795. The number of H-pyrrole nitrogens is 1. The summed E-state index contributed by atoms with van der Waals surface area (Å²) >= 11 is 0. The van der Waals surface area contributed by atoms with Gasteiger partial charge in [0.05, 0.1) is 17.9 Å². The van der Waals surface area contributed by atoms with E-state index in [0.29, 0.717) is 16.9 Å². The summed E-state index contributed by atoms with van der Waals surface area (Å²) in [6.07, 6.45) is 3.36. The third kappa shape index (κ3) is 2.44. The van der Waals surface area contributed by atoms with Crippen LogP contribution >= 0.6 is 0 Å². The molecule has 0 saturated heterocycles. The van der Waals surface area contributed by atoms with Gasteiger partial charge in [0.1, 0.15) is 11.5 Å². The lowest BCUT2D eigenvalue weighted by Gasteiger charge is -2.09. The van der Waals surface area contributed by atoms with Crippen molar-refractivity contribution in [2.75, 3.05) is 0 Å². The van der Waals surface area contributed by atoms with E-state index in [1.165, 1.54) is 6.26 Å². The van der Waals surface area contributed by atoms with Gasteiger partial charge in [0.15, 0.2) is 5.78 Å². The summed E-state index contributed by atoms with van der Waals surface area (Å²) in [7, 11) is 0. The Kier molecular flexibility index (Phi) is 3.29. The maximum atomic E-state index is 12.6. The number of hydrogen-bond donors (Lipinski definition) is 1. The van der Waals surface area contributed by atoms with Crippen LogP contribution in [0.2, 0.25) is 0 Å². The predicted molar refractivity (Wildman–Crippen MR) is 80.9 cm³/mol. The molecule has 0 aliphatic heterocycles. The average molecular weight is 283 g/mol. The maximum Gasteiger partial charge on any atom is 0.198 e. The summed E-state index contributed by atoms with van der Waals surface area (Å²) < 4.78 is 10.9. The molecule has 0 amide bonds. The minimum absolute atomic E-state index is 0.0470. The molecule has 4 nitrogen and oxygen atoms in total. The number of furan rings is 1. The van der Waals surface area contributed by atoms with Crippen LogP contribution in [0.1, 0.15) is 35.5 Å². The molecule has 0 aliphatic rings. The number of ketones is 1. The van der Waals surface area contributed by atoms with Crippen molar-refractivity contribution < 1.29 is 13.9 Å². The van der Waals surface area contributed by atoms with Crippen molar-refractivity contribution in [3.8, 4) is 5.75 Å². The Hall–Kier alpha value is -2.49. The first-order valence-corrected chi connectivity index (χ1v) is 6.93. The largest absolute Gasteiger partial charge is 0.491 e. The lowest BCUT2D eigenvalue weighted by Crippen LogP contribution is -2.05. The molecule has 3 rings (SSSR count). The molecule has 0 saturated carbocycles. The van der Waals surface area contributed by atoms with E-state index in [9.17, 15) is 4.79 Å². The first-order chi connectivity index (χ1) is 10.1. The van der Waals surface area contributed by atoms with Crippen LogP contribution in [0, 0.1) is 6.92 Å². The molecule has 0 bridgehead atoms. The second-order valence-electron chi connectivity index (χ2n) is 5.30. The number of aromatic amines is 1. The molecule has 0 unspecified atom stereocenters. The molecule has 2 heterocycles. The van der Waals surface area contributed by atoms with Gasteiger partial charge in [-0.25, -0.2) is 0 Å². The molecule has 0 aliphatic carbocycles. The highest BCUT2D eigenvalue weighted by Crippen LogP contribution is 2.27. The summed E-state index contributed by atoms with van der Waals surface area (Å²) in [4.78, 5) is 15.7. The van der Waals surface area contributed by atoms with Crippen LogP contribution in [0.25, 0.3) is 10.9 Å². The van der Waals surface area contributed by atoms with Gasteiger partial charge in [-0.2, -0.15) is 0 Å². The zero-order valence-corrected chi connectivity index (χ0v) is 12.3. The minimum atomic E-state index is -0.0470. The molecule has 21 heavy (non-hydrogen) atoms. The van der Waals surface area contributed by atoms with Gasteiger partial charge >= 0.3 is 0 Å². The molecule has 108 valence electrons. The third-order valence-corrected chi connectivity index (χ3v) is 3.37. The first-order valence-electron chi connectivity index (χ1n) is 6.93. The smallest absolute Gasteiger partial charge is 0.198 e. The monoisotopic (exact) mass is 283 g/mol. The predicted octanol–water partition coefficient (Wildman–Crippen LogP) is 4.09. The van der Waals surface area contributed by atoms with Crippen molar-refractivity contribution in [1.29, 1.82) is 0 Å². The van der Waals surface area contributed by atoms with E-state index in [2.05, 4.69) is 4.98 Å². The number of fused-ring (bicyclic) bond motifs is 1. The van der Waals surface area contributed by atoms with E-state index >= 15 is 0 Å². The first kappa shape index (κ1) is 13.5. The molecule has 1 aromatic carbocycles. The number of aromatic nitrogens is 1. The topological polar surface area (TPSA) is 55.2 Å². The highest BCUT2D eigenvalue weighted by atomic mass is 16.5. The van der Waals surface area contributed by atoms with Gasteiger partial charge in [-0.05, 0) is 45.0 Å². The molecule has 2 aromatic heterocycles. The fourth-order valence-electron chi connectivity index (χ4n) is 2.40. The van der Waals surface area contributed by atoms with E-state index in [0.717, 1.165) is 16.7 Å². The maximum absolute atomic E-state index is 12.6. The van der Waals surface area contributed by atoms with E-state index in [1.54, 1.807) is 19.2 Å². The van der Waals surface area contributed by atoms with Gasteiger partial charge in [-0.1, -0.05) is 0 Å². The van der Waals surface area contributed by atoms with E-state index < -0.39 is 0 Å². The van der Waals surface area contributed by atoms with Crippen LogP contribution in [-0.2, 0) is 0 Å². The standard InChI is InChI=1S/C17H17NO3/c1-10(2)21-12-4-5-16-14(8-12)15(9-18-16)17(19)13-6-7-20-11(13)3/h4-10,18H,1-3H3. The quantitative estimate of drug-likeness (QED) is 0.734. The van der Waals surface area contributed by atoms with Crippen LogP contribution in [0.15, 0.2) is 41.1 Å². The Balaban J connectivity index is 2.06. The summed E-state index contributed by atoms with van der Waals surface area (Å²) in [6, 6.07) is 7.42. The molecule has 0 spiro atoms. The van der Waals surface area contributed by atoms with Crippen LogP contribution in [0.5, 0.6) is 5.75 Å². The van der Waals surface area contributed by atoms with Crippen molar-refractivity contribution in [3.63, 3.8) is 0 Å². The van der Waals surface area contributed by atoms with Crippen molar-refractivity contribution in [1.82, 2.24) is 4.98 Å². The Morgan fingerprint density at radius 1 is 1.24 bits per heavy atom. The van der Waals surface area contributed by atoms with Crippen molar-refractivity contribution >= 4 is 16.7 Å². The van der Waals surface area contributed by atoms with Gasteiger partial charge in [0, 0.05) is 22.7 Å². The van der Waals surface area contributed by atoms with Crippen molar-refractivity contribution in [2.45, 2.75) is 26.9 Å². The number of carbonyl (C=O) groups excluding carboxylic acids is 1. The summed E-state index contributed by atoms with van der Waals surface area (Å²) in [6.45, 7) is 5.74.